The van der Waals surface area contributed by atoms with Crippen LogP contribution in [0, 0.1) is 21.4 Å². The largest absolute Gasteiger partial charge is 0.466 e. The number of carbonyl (C=O) groups is 2. The number of nitro benzene ring substituents is 1. The molecule has 0 bridgehead atoms. The van der Waals surface area contributed by atoms with Gasteiger partial charge in [-0.25, -0.2) is 9.59 Å². The lowest BCUT2D eigenvalue weighted by molar-refractivity contribution is -0.384. The molecular formula is C15H12BrN3O7. The van der Waals surface area contributed by atoms with Crippen molar-refractivity contribution in [1.29, 1.82) is 5.26 Å². The fraction of sp³-hybridized carbons (Fsp3) is 0.267. The average Bonchev–Trinajstić information content (AvgIpc) is 2.65. The normalized spacial score (nSPS) is 13.8. The maximum Gasteiger partial charge on any atom is 0.355 e. The minimum atomic E-state index is -0.845. The molecule has 0 aromatic heterocycles. The third kappa shape index (κ3) is 3.51. The number of anilines is 1. The van der Waals surface area contributed by atoms with Gasteiger partial charge in [-0.3, -0.25) is 10.1 Å². The highest BCUT2D eigenvalue weighted by molar-refractivity contribution is 9.10. The van der Waals surface area contributed by atoms with Crippen LogP contribution in [-0.4, -0.2) is 44.4 Å². The number of carbonyl (C=O) groups excluding carboxylic acids is 2. The molecule has 0 fully saturated rings. The first-order valence-corrected chi connectivity index (χ1v) is 7.78. The van der Waals surface area contributed by atoms with Crippen LogP contribution in [-0.2, 0) is 23.8 Å². The van der Waals surface area contributed by atoms with Gasteiger partial charge in [0.05, 0.1) is 42.6 Å². The number of esters is 2. The van der Waals surface area contributed by atoms with E-state index in [0.29, 0.717) is 0 Å². The second-order valence-corrected chi connectivity index (χ2v) is 5.76. The van der Waals surface area contributed by atoms with Crippen LogP contribution >= 0.6 is 15.9 Å². The molecule has 26 heavy (non-hydrogen) atoms. The first-order chi connectivity index (χ1) is 12.3. The van der Waals surface area contributed by atoms with E-state index < -0.39 is 16.9 Å². The second kappa shape index (κ2) is 7.94. The van der Waals surface area contributed by atoms with Crippen LogP contribution < -0.4 is 4.90 Å². The number of nitrogens with zero attached hydrogens (tertiary/aromatic N) is 3. The summed E-state index contributed by atoms with van der Waals surface area (Å²) in [6.45, 7) is -0.379. The van der Waals surface area contributed by atoms with Gasteiger partial charge in [-0.1, -0.05) is 0 Å². The van der Waals surface area contributed by atoms with E-state index in [0.717, 1.165) is 20.3 Å². The van der Waals surface area contributed by atoms with E-state index in [2.05, 4.69) is 20.7 Å². The minimum Gasteiger partial charge on any atom is -0.466 e. The molecular weight excluding hydrogens is 414 g/mol. The number of rotatable bonds is 4. The summed E-state index contributed by atoms with van der Waals surface area (Å²) in [6, 6.07) is 4.08. The molecule has 11 heteroatoms. The smallest absolute Gasteiger partial charge is 0.355 e. The molecule has 0 spiro atoms. The summed E-state index contributed by atoms with van der Waals surface area (Å²) in [5, 5.41) is 20.4. The van der Waals surface area contributed by atoms with E-state index in [9.17, 15) is 25.0 Å². The topological polar surface area (TPSA) is 132 Å². The summed E-state index contributed by atoms with van der Waals surface area (Å²) in [5.74, 6) is -1.64. The number of hydrogen-bond acceptors (Lipinski definition) is 9. The van der Waals surface area contributed by atoms with Crippen molar-refractivity contribution in [3.63, 3.8) is 0 Å². The van der Waals surface area contributed by atoms with Gasteiger partial charge in [0.15, 0.2) is 0 Å². The second-order valence-electron chi connectivity index (χ2n) is 4.91. The Morgan fingerprint density at radius 3 is 2.54 bits per heavy atom. The molecule has 1 aliphatic rings. The Bertz CT molecular complexity index is 860. The minimum absolute atomic E-state index is 0.0952. The quantitative estimate of drug-likeness (QED) is 0.400. The lowest BCUT2D eigenvalue weighted by Crippen LogP contribution is -2.39. The van der Waals surface area contributed by atoms with Gasteiger partial charge < -0.3 is 19.1 Å². The zero-order valence-electron chi connectivity index (χ0n) is 13.6. The molecule has 1 aromatic carbocycles. The Morgan fingerprint density at radius 2 is 2.00 bits per heavy atom. The lowest BCUT2D eigenvalue weighted by Gasteiger charge is -2.32. The van der Waals surface area contributed by atoms with Crippen molar-refractivity contribution in [2.75, 3.05) is 32.5 Å². The third-order valence-corrected chi connectivity index (χ3v) is 4.09. The Labute approximate surface area is 155 Å². The van der Waals surface area contributed by atoms with E-state index in [-0.39, 0.29) is 46.0 Å². The predicted octanol–water partition coefficient (Wildman–Crippen LogP) is 1.62. The number of nitro groups is 1. The number of nitriles is 1. The summed E-state index contributed by atoms with van der Waals surface area (Å²) in [4.78, 5) is 35.8. The summed E-state index contributed by atoms with van der Waals surface area (Å²) in [7, 11) is 2.28. The Morgan fingerprint density at radius 1 is 1.35 bits per heavy atom. The number of benzene rings is 1. The van der Waals surface area contributed by atoms with Crippen molar-refractivity contribution in [3.05, 3.63) is 43.6 Å². The van der Waals surface area contributed by atoms with Gasteiger partial charge in [0.2, 0.25) is 0 Å². The van der Waals surface area contributed by atoms with Crippen molar-refractivity contribution in [2.45, 2.75) is 0 Å². The molecule has 0 aliphatic carbocycles. The molecule has 0 N–H and O–H groups in total. The molecule has 1 aliphatic heterocycles. The van der Waals surface area contributed by atoms with Crippen molar-refractivity contribution < 1.29 is 28.7 Å². The van der Waals surface area contributed by atoms with Gasteiger partial charge >= 0.3 is 11.9 Å². The molecule has 1 heterocycles. The molecule has 2 rings (SSSR count). The fourth-order valence-electron chi connectivity index (χ4n) is 2.37. The Hall–Kier alpha value is -2.97. The molecule has 0 amide bonds. The van der Waals surface area contributed by atoms with E-state index in [4.69, 9.17) is 9.47 Å². The van der Waals surface area contributed by atoms with Crippen LogP contribution in [0.1, 0.15) is 5.56 Å². The van der Waals surface area contributed by atoms with E-state index in [1.165, 1.54) is 11.0 Å². The first kappa shape index (κ1) is 19.4. The van der Waals surface area contributed by atoms with Gasteiger partial charge in [0, 0.05) is 16.6 Å². The highest BCUT2D eigenvalue weighted by Gasteiger charge is 2.35. The molecule has 0 unspecified atom stereocenters. The average molecular weight is 426 g/mol. The van der Waals surface area contributed by atoms with Gasteiger partial charge in [0.1, 0.15) is 18.5 Å². The van der Waals surface area contributed by atoms with E-state index in [1.54, 1.807) is 0 Å². The molecule has 10 nitrogen and oxygen atoms in total. The Balaban J connectivity index is 2.73. The highest BCUT2D eigenvalue weighted by atomic mass is 79.9. The van der Waals surface area contributed by atoms with Gasteiger partial charge in [0.25, 0.3) is 5.69 Å². The summed E-state index contributed by atoms with van der Waals surface area (Å²) >= 11 is 3.17. The molecule has 0 saturated carbocycles. The van der Waals surface area contributed by atoms with Gasteiger partial charge in [-0.15, -0.1) is 0 Å². The molecule has 0 radical (unpaired) electrons. The van der Waals surface area contributed by atoms with E-state index >= 15 is 0 Å². The number of methoxy groups -OCH3 is 2. The monoisotopic (exact) mass is 425 g/mol. The molecule has 0 saturated heterocycles. The maximum absolute atomic E-state index is 12.3. The van der Waals surface area contributed by atoms with Crippen molar-refractivity contribution in [2.24, 2.45) is 0 Å². The first-order valence-electron chi connectivity index (χ1n) is 6.98. The molecule has 0 atom stereocenters. The van der Waals surface area contributed by atoms with Crippen LogP contribution in [0.5, 0.6) is 0 Å². The highest BCUT2D eigenvalue weighted by Crippen LogP contribution is 2.38. The number of hydrogen-bond donors (Lipinski definition) is 0. The van der Waals surface area contributed by atoms with Crippen LogP contribution in [0.15, 0.2) is 27.9 Å². The zero-order valence-corrected chi connectivity index (χ0v) is 15.2. The number of ether oxygens (including phenoxy) is 3. The van der Waals surface area contributed by atoms with Gasteiger partial charge in [-0.2, -0.15) is 5.26 Å². The zero-order chi connectivity index (χ0) is 19.4. The lowest BCUT2D eigenvalue weighted by atomic mass is 10.1. The van der Waals surface area contributed by atoms with Crippen LogP contribution in [0.2, 0.25) is 0 Å². The van der Waals surface area contributed by atoms with E-state index in [1.807, 2.05) is 6.07 Å². The number of halogens is 1. The molecule has 136 valence electrons. The Kier molecular flexibility index (Phi) is 5.91. The SMILES string of the molecule is COC(=O)C1=C(C(=O)OC)N(c2c(Br)cc([N+](=O)[O-])cc2C#N)COC1. The van der Waals surface area contributed by atoms with Gasteiger partial charge in [-0.05, 0) is 15.9 Å². The van der Waals surface area contributed by atoms with Crippen LogP contribution in [0.3, 0.4) is 0 Å². The van der Waals surface area contributed by atoms with Crippen molar-refractivity contribution in [1.82, 2.24) is 0 Å². The standard InChI is InChI=1S/C15H12BrN3O7/c1-24-14(20)10-6-26-7-18(13(10)15(21)25-2)12-8(5-17)3-9(19(22)23)4-11(12)16/h3-4H,6-7H2,1-2H3. The summed E-state index contributed by atoms with van der Waals surface area (Å²) in [5.41, 5.74) is -0.551. The maximum atomic E-state index is 12.3. The van der Waals surface area contributed by atoms with Crippen molar-refractivity contribution in [3.8, 4) is 6.07 Å². The predicted molar refractivity (Wildman–Crippen MR) is 89.9 cm³/mol. The summed E-state index contributed by atoms with van der Waals surface area (Å²) in [6.07, 6.45) is 0. The van der Waals surface area contributed by atoms with Crippen LogP contribution in [0.4, 0.5) is 11.4 Å². The summed E-state index contributed by atoms with van der Waals surface area (Å²) < 4.78 is 14.9. The van der Waals surface area contributed by atoms with Crippen LogP contribution in [0.25, 0.3) is 0 Å². The molecule has 1 aromatic rings. The van der Waals surface area contributed by atoms with Crippen molar-refractivity contribution >= 4 is 39.2 Å². The fourth-order valence-corrected chi connectivity index (χ4v) is 3.03. The third-order valence-electron chi connectivity index (χ3n) is 3.48. The number of non-ortho nitro benzene ring substituents is 1.